The molecule has 0 fully saturated rings. The fourth-order valence-corrected chi connectivity index (χ4v) is 1.43. The molecule has 16 heavy (non-hydrogen) atoms. The van der Waals surface area contributed by atoms with Crippen molar-refractivity contribution < 1.29 is 13.6 Å². The minimum atomic E-state index is -0.704. The maximum Gasteiger partial charge on any atom is 0.254 e. The smallest absolute Gasteiger partial charge is 0.254 e. The van der Waals surface area contributed by atoms with Crippen LogP contribution in [0.1, 0.15) is 37.0 Å². The third kappa shape index (κ3) is 3.02. The lowest BCUT2D eigenvalue weighted by atomic mass is 10.1. The Morgan fingerprint density at radius 1 is 1.31 bits per heavy atom. The van der Waals surface area contributed by atoms with Crippen LogP contribution in [0.4, 0.5) is 8.78 Å². The lowest BCUT2D eigenvalue weighted by Crippen LogP contribution is -2.34. The second-order valence-electron chi connectivity index (χ2n) is 3.61. The van der Waals surface area contributed by atoms with E-state index in [-0.39, 0.29) is 11.6 Å². The van der Waals surface area contributed by atoms with Gasteiger partial charge in [-0.25, -0.2) is 8.78 Å². The minimum absolute atomic E-state index is 0.00447. The van der Waals surface area contributed by atoms with Gasteiger partial charge in [0.25, 0.3) is 5.91 Å². The van der Waals surface area contributed by atoms with E-state index < -0.39 is 17.5 Å². The lowest BCUT2D eigenvalue weighted by molar-refractivity contribution is 0.0930. The first kappa shape index (κ1) is 12.6. The largest absolute Gasteiger partial charge is 0.349 e. The van der Waals surface area contributed by atoms with Crippen molar-refractivity contribution >= 4 is 5.91 Å². The third-order valence-electron chi connectivity index (χ3n) is 2.49. The first-order valence-electron chi connectivity index (χ1n) is 5.34. The van der Waals surface area contributed by atoms with Crippen LogP contribution >= 0.6 is 0 Å². The van der Waals surface area contributed by atoms with Gasteiger partial charge in [0, 0.05) is 6.04 Å². The molecule has 0 aliphatic carbocycles. The number of carbonyl (C=O) groups is 1. The summed E-state index contributed by atoms with van der Waals surface area (Å²) < 4.78 is 26.1. The number of benzene rings is 1. The Balaban J connectivity index is 2.83. The van der Waals surface area contributed by atoms with Gasteiger partial charge < -0.3 is 5.32 Å². The Morgan fingerprint density at radius 2 is 1.94 bits per heavy atom. The van der Waals surface area contributed by atoms with Gasteiger partial charge in [-0.3, -0.25) is 4.79 Å². The van der Waals surface area contributed by atoms with Gasteiger partial charge in [0.2, 0.25) is 0 Å². The molecule has 0 bridgehead atoms. The van der Waals surface area contributed by atoms with Gasteiger partial charge in [0.1, 0.15) is 11.6 Å². The van der Waals surface area contributed by atoms with Crippen molar-refractivity contribution in [3.05, 3.63) is 35.4 Å². The van der Waals surface area contributed by atoms with E-state index in [9.17, 15) is 13.6 Å². The molecular formula is C12H15F2NO. The summed E-state index contributed by atoms with van der Waals surface area (Å²) in [4.78, 5) is 11.6. The molecule has 0 aliphatic heterocycles. The molecule has 0 saturated carbocycles. The Hall–Kier alpha value is -1.45. The molecule has 0 aromatic heterocycles. The van der Waals surface area contributed by atoms with Gasteiger partial charge in [0.15, 0.2) is 0 Å². The number of rotatable bonds is 4. The average Bonchev–Trinajstić information content (AvgIpc) is 2.28. The van der Waals surface area contributed by atoms with Crippen LogP contribution in [0.15, 0.2) is 18.2 Å². The molecule has 0 spiro atoms. The maximum atomic E-state index is 13.3. The number of nitrogens with one attached hydrogen (secondary N) is 1. The van der Waals surface area contributed by atoms with Gasteiger partial charge >= 0.3 is 0 Å². The first-order valence-corrected chi connectivity index (χ1v) is 5.34. The molecule has 2 nitrogen and oxygen atoms in total. The van der Waals surface area contributed by atoms with Crippen LogP contribution in [0, 0.1) is 11.6 Å². The zero-order valence-corrected chi connectivity index (χ0v) is 9.39. The highest BCUT2D eigenvalue weighted by atomic mass is 19.1. The molecule has 0 aliphatic rings. The van der Waals surface area contributed by atoms with Crippen LogP contribution in [-0.2, 0) is 0 Å². The van der Waals surface area contributed by atoms with Gasteiger partial charge in [0.05, 0.1) is 5.56 Å². The van der Waals surface area contributed by atoms with Crippen LogP contribution in [0.3, 0.4) is 0 Å². The monoisotopic (exact) mass is 227 g/mol. The van der Waals surface area contributed by atoms with Crippen molar-refractivity contribution in [2.75, 3.05) is 0 Å². The van der Waals surface area contributed by atoms with Crippen molar-refractivity contribution in [3.8, 4) is 0 Å². The molecule has 0 radical (unpaired) electrons. The van der Waals surface area contributed by atoms with Crippen LogP contribution in [0.5, 0.6) is 0 Å². The summed E-state index contributed by atoms with van der Waals surface area (Å²) in [6.45, 7) is 3.85. The molecule has 88 valence electrons. The zero-order valence-electron chi connectivity index (χ0n) is 9.39. The van der Waals surface area contributed by atoms with Crippen molar-refractivity contribution in [1.29, 1.82) is 0 Å². The number of hydrogen-bond acceptors (Lipinski definition) is 1. The van der Waals surface area contributed by atoms with E-state index in [0.717, 1.165) is 31.0 Å². The third-order valence-corrected chi connectivity index (χ3v) is 2.49. The standard InChI is InChI=1S/C12H15F2NO/c1-3-9(4-2)15-12(16)10-7-8(13)5-6-11(10)14/h5-7,9H,3-4H2,1-2H3,(H,15,16). The quantitative estimate of drug-likeness (QED) is 0.841. The Labute approximate surface area is 93.7 Å². The van der Waals surface area contributed by atoms with Crippen molar-refractivity contribution in [2.45, 2.75) is 32.7 Å². The first-order chi connectivity index (χ1) is 7.58. The van der Waals surface area contributed by atoms with E-state index in [0.29, 0.717) is 0 Å². The zero-order chi connectivity index (χ0) is 12.1. The van der Waals surface area contributed by atoms with Crippen molar-refractivity contribution in [3.63, 3.8) is 0 Å². The van der Waals surface area contributed by atoms with Crippen molar-refractivity contribution in [2.24, 2.45) is 0 Å². The maximum absolute atomic E-state index is 13.3. The van der Waals surface area contributed by atoms with Crippen LogP contribution in [0.25, 0.3) is 0 Å². The highest BCUT2D eigenvalue weighted by molar-refractivity contribution is 5.94. The van der Waals surface area contributed by atoms with Gasteiger partial charge in [-0.05, 0) is 31.0 Å². The molecule has 0 unspecified atom stereocenters. The Bertz CT molecular complexity index is 375. The fraction of sp³-hybridized carbons (Fsp3) is 0.417. The van der Waals surface area contributed by atoms with E-state index >= 15 is 0 Å². The van der Waals surface area contributed by atoms with Crippen LogP contribution in [-0.4, -0.2) is 11.9 Å². The molecule has 0 heterocycles. The molecule has 4 heteroatoms. The summed E-state index contributed by atoms with van der Waals surface area (Å²) in [5, 5.41) is 2.66. The van der Waals surface area contributed by atoms with Crippen molar-refractivity contribution in [1.82, 2.24) is 5.32 Å². The molecule has 1 amide bonds. The molecule has 1 aromatic carbocycles. The summed E-state index contributed by atoms with van der Waals surface area (Å²) in [5.41, 5.74) is -0.244. The highest BCUT2D eigenvalue weighted by Gasteiger charge is 2.15. The summed E-state index contributed by atoms with van der Waals surface area (Å²) >= 11 is 0. The fourth-order valence-electron chi connectivity index (χ4n) is 1.43. The number of carbonyl (C=O) groups excluding carboxylic acids is 1. The number of hydrogen-bond donors (Lipinski definition) is 1. The molecule has 1 N–H and O–H groups in total. The Kier molecular flexibility index (Phi) is 4.40. The van der Waals surface area contributed by atoms with Gasteiger partial charge in [-0.1, -0.05) is 13.8 Å². The van der Waals surface area contributed by atoms with Crippen LogP contribution in [0.2, 0.25) is 0 Å². The second kappa shape index (κ2) is 5.58. The highest BCUT2D eigenvalue weighted by Crippen LogP contribution is 2.10. The average molecular weight is 227 g/mol. The molecule has 0 atom stereocenters. The van der Waals surface area contributed by atoms with E-state index in [4.69, 9.17) is 0 Å². The summed E-state index contributed by atoms with van der Waals surface area (Å²) in [5.74, 6) is -1.88. The molecule has 0 saturated heterocycles. The lowest BCUT2D eigenvalue weighted by Gasteiger charge is -2.14. The topological polar surface area (TPSA) is 29.1 Å². The summed E-state index contributed by atoms with van der Waals surface area (Å²) in [6, 6.07) is 2.85. The van der Waals surface area contributed by atoms with E-state index in [2.05, 4.69) is 5.32 Å². The molecule has 1 aromatic rings. The summed E-state index contributed by atoms with van der Waals surface area (Å²) in [6.07, 6.45) is 1.53. The van der Waals surface area contributed by atoms with E-state index in [1.54, 1.807) is 0 Å². The molecule has 1 rings (SSSR count). The second-order valence-corrected chi connectivity index (χ2v) is 3.61. The van der Waals surface area contributed by atoms with E-state index in [1.165, 1.54) is 0 Å². The normalized spacial score (nSPS) is 10.6. The Morgan fingerprint density at radius 3 is 2.50 bits per heavy atom. The minimum Gasteiger partial charge on any atom is -0.349 e. The van der Waals surface area contributed by atoms with E-state index in [1.807, 2.05) is 13.8 Å². The van der Waals surface area contributed by atoms with Gasteiger partial charge in [-0.15, -0.1) is 0 Å². The predicted molar refractivity (Wildman–Crippen MR) is 58.2 cm³/mol. The SMILES string of the molecule is CCC(CC)NC(=O)c1cc(F)ccc1F. The van der Waals surface area contributed by atoms with Gasteiger partial charge in [-0.2, -0.15) is 0 Å². The van der Waals surface area contributed by atoms with Crippen LogP contribution < -0.4 is 5.32 Å². The number of halogens is 2. The molecular weight excluding hydrogens is 212 g/mol. The predicted octanol–water partition coefficient (Wildman–Crippen LogP) is 2.88. The summed E-state index contributed by atoms with van der Waals surface area (Å²) in [7, 11) is 0. The number of amides is 1.